The minimum absolute atomic E-state index is 0.301. The van der Waals surface area contributed by atoms with Gasteiger partial charge in [-0.3, -0.25) is 0 Å². The minimum atomic E-state index is -0.427. The molecule has 0 aliphatic heterocycles. The van der Waals surface area contributed by atoms with Crippen LogP contribution in [-0.2, 0) is 4.74 Å². The van der Waals surface area contributed by atoms with Crippen LogP contribution in [0.25, 0.3) is 0 Å². The van der Waals surface area contributed by atoms with Gasteiger partial charge in [0.25, 0.3) is 0 Å². The van der Waals surface area contributed by atoms with Crippen LogP contribution in [0.4, 0.5) is 0 Å². The molecule has 0 amide bonds. The van der Waals surface area contributed by atoms with E-state index in [0.29, 0.717) is 23.2 Å². The first kappa shape index (κ1) is 10.6. The van der Waals surface area contributed by atoms with Crippen molar-refractivity contribution in [2.75, 3.05) is 12.4 Å². The van der Waals surface area contributed by atoms with E-state index in [0.717, 1.165) is 0 Å². The zero-order valence-electron chi connectivity index (χ0n) is 7.61. The molecule has 1 N–H and O–H groups in total. The number of nitrogens with one attached hydrogen (secondary N) is 1. The summed E-state index contributed by atoms with van der Waals surface area (Å²) in [5, 5.41) is 8.87. The lowest BCUT2D eigenvalue weighted by atomic mass is 10.5. The zero-order valence-corrected chi connectivity index (χ0v) is 8.43. The van der Waals surface area contributed by atoms with E-state index in [2.05, 4.69) is 9.97 Å². The summed E-state index contributed by atoms with van der Waals surface area (Å²) in [6.45, 7) is 2.07. The Labute approximate surface area is 85.5 Å². The highest BCUT2D eigenvalue weighted by Crippen LogP contribution is 2.12. The van der Waals surface area contributed by atoms with Crippen LogP contribution in [0.3, 0.4) is 0 Å². The van der Waals surface area contributed by atoms with Gasteiger partial charge in [-0.25, -0.2) is 9.78 Å². The van der Waals surface area contributed by atoms with Crippen molar-refractivity contribution in [2.24, 2.45) is 0 Å². The fourth-order valence-electron chi connectivity index (χ4n) is 0.789. The van der Waals surface area contributed by atoms with Crippen LogP contribution in [0, 0.1) is 11.3 Å². The lowest BCUT2D eigenvalue weighted by Crippen LogP contribution is -2.04. The molecule has 0 unspecified atom stereocenters. The molecule has 0 spiro atoms. The summed E-state index contributed by atoms with van der Waals surface area (Å²) in [6.07, 6.45) is 1.40. The number of hydrogen-bond donors (Lipinski definition) is 1. The first-order valence-corrected chi connectivity index (χ1v) is 4.98. The van der Waals surface area contributed by atoms with Crippen LogP contribution in [-0.4, -0.2) is 28.3 Å². The molecule has 0 atom stereocenters. The number of esters is 1. The van der Waals surface area contributed by atoms with Crippen molar-refractivity contribution in [1.82, 2.24) is 9.97 Å². The molecular weight excluding hydrogens is 202 g/mol. The summed E-state index contributed by atoms with van der Waals surface area (Å²) in [6, 6.07) is 1.97. The molecule has 0 saturated carbocycles. The maximum absolute atomic E-state index is 11.2. The monoisotopic (exact) mass is 211 g/mol. The topological polar surface area (TPSA) is 78.8 Å². The van der Waals surface area contributed by atoms with E-state index in [4.69, 9.17) is 10.00 Å². The van der Waals surface area contributed by atoms with Crippen molar-refractivity contribution in [3.63, 3.8) is 0 Å². The number of ether oxygens (including phenoxy) is 1. The van der Waals surface area contributed by atoms with E-state index in [1.54, 1.807) is 6.92 Å². The fraction of sp³-hybridized carbons (Fsp3) is 0.375. The van der Waals surface area contributed by atoms with Crippen LogP contribution in [0.1, 0.15) is 17.4 Å². The predicted molar refractivity (Wildman–Crippen MR) is 50.9 cm³/mol. The second-order valence-electron chi connectivity index (χ2n) is 2.27. The molecule has 6 heteroatoms. The maximum atomic E-state index is 11.2. The fourth-order valence-corrected chi connectivity index (χ4v) is 1.30. The number of carbonyl (C=O) groups is 1. The molecule has 0 aliphatic carbocycles. The van der Waals surface area contributed by atoms with Crippen molar-refractivity contribution in [2.45, 2.75) is 12.1 Å². The number of aromatic nitrogens is 2. The van der Waals surface area contributed by atoms with Gasteiger partial charge in [0.15, 0.2) is 5.16 Å². The molecule has 0 bridgehead atoms. The van der Waals surface area contributed by atoms with Gasteiger partial charge >= 0.3 is 5.97 Å². The van der Waals surface area contributed by atoms with Crippen molar-refractivity contribution in [3.05, 3.63) is 11.9 Å². The van der Waals surface area contributed by atoms with Gasteiger partial charge in [0.05, 0.1) is 24.6 Å². The first-order valence-electron chi connectivity index (χ1n) is 3.99. The van der Waals surface area contributed by atoms with Crippen LogP contribution < -0.4 is 0 Å². The summed E-state index contributed by atoms with van der Waals surface area (Å²) in [5.41, 5.74) is 0.312. The Hall–Kier alpha value is -1.48. The van der Waals surface area contributed by atoms with Crippen molar-refractivity contribution in [1.29, 1.82) is 5.26 Å². The zero-order chi connectivity index (χ0) is 10.4. The second kappa shape index (κ2) is 5.29. The molecule has 0 fully saturated rings. The molecule has 1 heterocycles. The third kappa shape index (κ3) is 2.78. The predicted octanol–water partition coefficient (Wildman–Crippen LogP) is 1.20. The molecule has 0 aliphatic rings. The molecule has 1 rings (SSSR count). The Morgan fingerprint density at radius 2 is 2.64 bits per heavy atom. The van der Waals surface area contributed by atoms with Gasteiger partial charge in [-0.05, 0) is 6.92 Å². The number of aromatic amines is 1. The normalized spacial score (nSPS) is 9.43. The molecule has 1 aromatic rings. The summed E-state index contributed by atoms with van der Waals surface area (Å²) in [4.78, 5) is 17.8. The summed E-state index contributed by atoms with van der Waals surface area (Å²) < 4.78 is 4.76. The molecule has 0 radical (unpaired) electrons. The number of nitrogens with zero attached hydrogens (tertiary/aromatic N) is 2. The largest absolute Gasteiger partial charge is 0.461 e. The van der Waals surface area contributed by atoms with Gasteiger partial charge in [0.2, 0.25) is 0 Å². The molecular formula is C8H9N3O2S. The number of hydrogen-bond acceptors (Lipinski definition) is 5. The van der Waals surface area contributed by atoms with Crippen molar-refractivity contribution >= 4 is 17.7 Å². The molecule has 5 nitrogen and oxygen atoms in total. The number of H-pyrrole nitrogens is 1. The van der Waals surface area contributed by atoms with Crippen LogP contribution in [0.2, 0.25) is 0 Å². The van der Waals surface area contributed by atoms with Gasteiger partial charge in [0.1, 0.15) is 5.69 Å². The van der Waals surface area contributed by atoms with Gasteiger partial charge in [-0.15, -0.1) is 0 Å². The Kier molecular flexibility index (Phi) is 4.01. The SMILES string of the molecule is CCOC(=O)c1cnc(SCC#N)[nH]1. The van der Waals surface area contributed by atoms with Crippen molar-refractivity contribution in [3.8, 4) is 6.07 Å². The van der Waals surface area contributed by atoms with Crippen LogP contribution >= 0.6 is 11.8 Å². The Bertz CT molecular complexity index is 356. The highest BCUT2D eigenvalue weighted by Gasteiger charge is 2.09. The quantitative estimate of drug-likeness (QED) is 0.598. The second-order valence-corrected chi connectivity index (χ2v) is 3.23. The van der Waals surface area contributed by atoms with Gasteiger partial charge in [-0.2, -0.15) is 5.26 Å². The Balaban J connectivity index is 2.59. The Morgan fingerprint density at radius 3 is 3.29 bits per heavy atom. The highest BCUT2D eigenvalue weighted by molar-refractivity contribution is 7.99. The van der Waals surface area contributed by atoms with E-state index in [9.17, 15) is 4.79 Å². The van der Waals surface area contributed by atoms with Gasteiger partial charge < -0.3 is 9.72 Å². The average molecular weight is 211 g/mol. The molecule has 14 heavy (non-hydrogen) atoms. The third-order valence-electron chi connectivity index (χ3n) is 1.32. The summed E-state index contributed by atoms with van der Waals surface area (Å²) in [5.74, 6) is -0.126. The maximum Gasteiger partial charge on any atom is 0.356 e. The lowest BCUT2D eigenvalue weighted by molar-refractivity contribution is 0.0519. The summed E-state index contributed by atoms with van der Waals surface area (Å²) >= 11 is 1.24. The smallest absolute Gasteiger partial charge is 0.356 e. The number of nitriles is 1. The lowest BCUT2D eigenvalue weighted by Gasteiger charge is -1.96. The van der Waals surface area contributed by atoms with E-state index in [1.807, 2.05) is 6.07 Å². The molecule has 1 aromatic heterocycles. The van der Waals surface area contributed by atoms with Crippen molar-refractivity contribution < 1.29 is 9.53 Å². The average Bonchev–Trinajstić information content (AvgIpc) is 2.63. The van der Waals surface area contributed by atoms with E-state index in [1.165, 1.54) is 18.0 Å². The van der Waals surface area contributed by atoms with E-state index >= 15 is 0 Å². The number of thioether (sulfide) groups is 1. The van der Waals surface area contributed by atoms with Crippen LogP contribution in [0.5, 0.6) is 0 Å². The van der Waals surface area contributed by atoms with Crippen LogP contribution in [0.15, 0.2) is 11.4 Å². The summed E-state index contributed by atoms with van der Waals surface area (Å²) in [7, 11) is 0. The minimum Gasteiger partial charge on any atom is -0.461 e. The van der Waals surface area contributed by atoms with Gasteiger partial charge in [0, 0.05) is 0 Å². The number of imidazole rings is 1. The first-order chi connectivity index (χ1) is 6.77. The molecule has 0 aromatic carbocycles. The van der Waals surface area contributed by atoms with E-state index < -0.39 is 5.97 Å². The number of rotatable bonds is 4. The number of carbonyl (C=O) groups excluding carboxylic acids is 1. The third-order valence-corrected chi connectivity index (χ3v) is 2.08. The molecule has 74 valence electrons. The standard InChI is InChI=1S/C8H9N3O2S/c1-2-13-7(12)6-5-10-8(11-6)14-4-3-9/h5H,2,4H2,1H3,(H,10,11). The Morgan fingerprint density at radius 1 is 1.86 bits per heavy atom. The highest BCUT2D eigenvalue weighted by atomic mass is 32.2. The van der Waals surface area contributed by atoms with Gasteiger partial charge in [-0.1, -0.05) is 11.8 Å². The van der Waals surface area contributed by atoms with E-state index in [-0.39, 0.29) is 0 Å². The molecule has 0 saturated heterocycles.